The van der Waals surface area contributed by atoms with E-state index in [1.54, 1.807) is 0 Å². The van der Waals surface area contributed by atoms with Crippen molar-refractivity contribution in [1.82, 2.24) is 19.7 Å². The molecule has 0 radical (unpaired) electrons. The summed E-state index contributed by atoms with van der Waals surface area (Å²) >= 11 is 0. The van der Waals surface area contributed by atoms with E-state index in [1.807, 2.05) is 0 Å². The lowest BCUT2D eigenvalue weighted by molar-refractivity contribution is 0.0687. The van der Waals surface area contributed by atoms with Gasteiger partial charge in [-0.15, -0.1) is 0 Å². The molecule has 0 atom stereocenters. The number of nitrogens with one attached hydrogen (secondary N) is 1. The second-order valence-electron chi connectivity index (χ2n) is 4.16. The molecule has 21 heavy (non-hydrogen) atoms. The lowest BCUT2D eigenvalue weighted by atomic mass is 10.3. The van der Waals surface area contributed by atoms with Crippen molar-refractivity contribution >= 4 is 16.0 Å². The van der Waals surface area contributed by atoms with Crippen LogP contribution in [-0.4, -0.2) is 53.3 Å². The van der Waals surface area contributed by atoms with Crippen LogP contribution in [-0.2, 0) is 10.0 Å². The molecule has 0 fully saturated rings. The van der Waals surface area contributed by atoms with Gasteiger partial charge in [-0.1, -0.05) is 10.3 Å². The zero-order valence-corrected chi connectivity index (χ0v) is 12.0. The molecule has 0 saturated heterocycles. The number of hydrogen-bond donors (Lipinski definition) is 2. The van der Waals surface area contributed by atoms with Gasteiger partial charge in [-0.05, 0) is 24.3 Å². The predicted molar refractivity (Wildman–Crippen MR) is 70.7 cm³/mol. The van der Waals surface area contributed by atoms with E-state index in [-0.39, 0.29) is 22.2 Å². The third-order valence-electron chi connectivity index (χ3n) is 2.55. The van der Waals surface area contributed by atoms with Gasteiger partial charge < -0.3 is 9.84 Å². The smallest absolute Gasteiger partial charge is 0.359 e. The first-order chi connectivity index (χ1) is 9.82. The third-order valence-corrected chi connectivity index (χ3v) is 4.38. The number of carboxylic acid groups (broad SMARTS) is 1. The van der Waals surface area contributed by atoms with Crippen molar-refractivity contribution in [3.8, 4) is 11.6 Å². The highest BCUT2D eigenvalue weighted by Crippen LogP contribution is 2.23. The van der Waals surface area contributed by atoms with Crippen molar-refractivity contribution in [2.45, 2.75) is 4.90 Å². The lowest BCUT2D eigenvalue weighted by Crippen LogP contribution is -2.22. The normalized spacial score (nSPS) is 11.6. The van der Waals surface area contributed by atoms with Crippen molar-refractivity contribution in [3.05, 3.63) is 30.0 Å². The summed E-state index contributed by atoms with van der Waals surface area (Å²) in [5, 5.41) is 17.9. The average Bonchev–Trinajstić information content (AvgIpc) is 2.87. The Bertz CT molecular complexity index is 751. The van der Waals surface area contributed by atoms with Gasteiger partial charge in [-0.25, -0.2) is 22.6 Å². The molecule has 0 aliphatic heterocycles. The number of aromatic carboxylic acids is 1. The minimum absolute atomic E-state index is 0.0958. The molecule has 0 amide bonds. The molecule has 1 heterocycles. The van der Waals surface area contributed by atoms with Crippen LogP contribution >= 0.6 is 0 Å². The van der Waals surface area contributed by atoms with Crippen LogP contribution in [0, 0.1) is 0 Å². The van der Waals surface area contributed by atoms with Gasteiger partial charge in [0, 0.05) is 14.1 Å². The molecule has 0 saturated carbocycles. The van der Waals surface area contributed by atoms with E-state index < -0.39 is 16.0 Å². The quantitative estimate of drug-likeness (QED) is 0.825. The van der Waals surface area contributed by atoms with E-state index in [0.717, 1.165) is 4.31 Å². The number of H-pyrrole nitrogens is 1. The Morgan fingerprint density at radius 3 is 2.43 bits per heavy atom. The Balaban J connectivity index is 2.24. The van der Waals surface area contributed by atoms with Gasteiger partial charge in [0.15, 0.2) is 0 Å². The van der Waals surface area contributed by atoms with Crippen LogP contribution < -0.4 is 4.74 Å². The van der Waals surface area contributed by atoms with Gasteiger partial charge in [0.25, 0.3) is 5.88 Å². The van der Waals surface area contributed by atoms with Crippen LogP contribution in [0.15, 0.2) is 29.2 Å². The Morgan fingerprint density at radius 2 is 1.90 bits per heavy atom. The van der Waals surface area contributed by atoms with E-state index in [2.05, 4.69) is 15.4 Å². The Hall–Kier alpha value is -2.46. The molecule has 112 valence electrons. The van der Waals surface area contributed by atoms with Crippen molar-refractivity contribution in [2.75, 3.05) is 14.1 Å². The van der Waals surface area contributed by atoms with Gasteiger partial charge >= 0.3 is 5.97 Å². The Morgan fingerprint density at radius 1 is 1.29 bits per heavy atom. The molecule has 0 unspecified atom stereocenters. The number of hydrogen-bond acceptors (Lipinski definition) is 6. The number of nitrogens with zero attached hydrogens (tertiary/aromatic N) is 3. The number of ether oxygens (including phenoxy) is 1. The maximum absolute atomic E-state index is 11.9. The van der Waals surface area contributed by atoms with E-state index in [9.17, 15) is 13.2 Å². The van der Waals surface area contributed by atoms with Crippen LogP contribution in [0.25, 0.3) is 0 Å². The largest absolute Gasteiger partial charge is 0.476 e. The first kappa shape index (κ1) is 14.9. The monoisotopic (exact) mass is 312 g/mol. The van der Waals surface area contributed by atoms with E-state index in [0.29, 0.717) is 0 Å². The fourth-order valence-corrected chi connectivity index (χ4v) is 2.33. The van der Waals surface area contributed by atoms with E-state index >= 15 is 0 Å². The Labute approximate surface area is 120 Å². The molecule has 2 rings (SSSR count). The zero-order chi connectivity index (χ0) is 15.6. The van der Waals surface area contributed by atoms with Crippen LogP contribution in [0.2, 0.25) is 0 Å². The standard InChI is InChI=1S/C11H12N4O5S/c1-15(2)21(18,19)8-5-3-7(4-6-8)20-10-9(11(16)17)12-14-13-10/h3-6H,1-2H3,(H,16,17)(H,12,13,14). The summed E-state index contributed by atoms with van der Waals surface area (Å²) in [4.78, 5) is 11.0. The molecule has 0 aliphatic carbocycles. The van der Waals surface area contributed by atoms with Crippen LogP contribution in [0.5, 0.6) is 11.6 Å². The summed E-state index contributed by atoms with van der Waals surface area (Å²) < 4.78 is 30.1. The summed E-state index contributed by atoms with van der Waals surface area (Å²) in [7, 11) is -0.678. The molecule has 2 N–H and O–H groups in total. The van der Waals surface area contributed by atoms with E-state index in [4.69, 9.17) is 9.84 Å². The van der Waals surface area contributed by atoms with Crippen molar-refractivity contribution in [2.24, 2.45) is 0 Å². The lowest BCUT2D eigenvalue weighted by Gasteiger charge is -2.11. The second-order valence-corrected chi connectivity index (χ2v) is 6.31. The molecule has 1 aromatic heterocycles. The minimum Gasteiger partial charge on any atom is -0.476 e. The molecule has 0 aliphatic rings. The third kappa shape index (κ3) is 3.01. The predicted octanol–water partition coefficient (Wildman–Crippen LogP) is 0.546. The highest BCUT2D eigenvalue weighted by atomic mass is 32.2. The number of benzene rings is 1. The van der Waals surface area contributed by atoms with Gasteiger partial charge in [0.2, 0.25) is 15.7 Å². The molecule has 9 nitrogen and oxygen atoms in total. The molecule has 1 aromatic carbocycles. The van der Waals surface area contributed by atoms with Gasteiger partial charge in [-0.2, -0.15) is 0 Å². The minimum atomic E-state index is -3.53. The van der Waals surface area contributed by atoms with Gasteiger partial charge in [0.05, 0.1) is 4.90 Å². The average molecular weight is 312 g/mol. The number of carboxylic acids is 1. The summed E-state index contributed by atoms with van der Waals surface area (Å²) in [5.74, 6) is -1.23. The summed E-state index contributed by atoms with van der Waals surface area (Å²) in [6.07, 6.45) is 0. The maximum Gasteiger partial charge on any atom is 0.359 e. The highest BCUT2D eigenvalue weighted by Gasteiger charge is 2.19. The van der Waals surface area contributed by atoms with Crippen LogP contribution in [0.4, 0.5) is 0 Å². The van der Waals surface area contributed by atoms with Crippen LogP contribution in [0.1, 0.15) is 10.5 Å². The van der Waals surface area contributed by atoms with Crippen molar-refractivity contribution < 1.29 is 23.1 Å². The van der Waals surface area contributed by atoms with Crippen LogP contribution in [0.3, 0.4) is 0 Å². The Kier molecular flexibility index (Phi) is 3.91. The molecule has 10 heteroatoms. The zero-order valence-electron chi connectivity index (χ0n) is 11.1. The van der Waals surface area contributed by atoms with Crippen molar-refractivity contribution in [1.29, 1.82) is 0 Å². The van der Waals surface area contributed by atoms with Crippen molar-refractivity contribution in [3.63, 3.8) is 0 Å². The fourth-order valence-electron chi connectivity index (χ4n) is 1.43. The molecule has 0 bridgehead atoms. The SMILES string of the molecule is CN(C)S(=O)(=O)c1ccc(Oc2nn[nH]c2C(=O)O)cc1. The number of aromatic nitrogens is 3. The number of sulfonamides is 1. The van der Waals surface area contributed by atoms with E-state index in [1.165, 1.54) is 38.4 Å². The fraction of sp³-hybridized carbons (Fsp3) is 0.182. The number of carbonyl (C=O) groups is 1. The molecular weight excluding hydrogens is 300 g/mol. The summed E-state index contributed by atoms with van der Waals surface area (Å²) in [6.45, 7) is 0. The summed E-state index contributed by atoms with van der Waals surface area (Å²) in [5.41, 5.74) is -0.292. The summed E-state index contributed by atoms with van der Waals surface area (Å²) in [6, 6.07) is 5.50. The topological polar surface area (TPSA) is 125 Å². The second kappa shape index (κ2) is 5.50. The first-order valence-electron chi connectivity index (χ1n) is 5.67. The number of aromatic amines is 1. The van der Waals surface area contributed by atoms with Gasteiger partial charge in [-0.3, -0.25) is 0 Å². The number of rotatable bonds is 5. The maximum atomic E-state index is 11.9. The molecule has 0 spiro atoms. The highest BCUT2D eigenvalue weighted by molar-refractivity contribution is 7.89. The van der Waals surface area contributed by atoms with Gasteiger partial charge in [0.1, 0.15) is 5.75 Å². The molecule has 2 aromatic rings. The molecular formula is C11H12N4O5S. The first-order valence-corrected chi connectivity index (χ1v) is 7.11.